The summed E-state index contributed by atoms with van der Waals surface area (Å²) >= 11 is 0. The molecule has 0 spiro atoms. The number of hydrogen-bond donors (Lipinski definition) is 1. The van der Waals surface area contributed by atoms with Crippen molar-refractivity contribution in [3.63, 3.8) is 0 Å². The number of nitrogens with one attached hydrogen (secondary N) is 1. The van der Waals surface area contributed by atoms with Crippen molar-refractivity contribution in [1.29, 1.82) is 0 Å². The van der Waals surface area contributed by atoms with Gasteiger partial charge in [0.25, 0.3) is 0 Å². The Balaban J connectivity index is 2.13. The summed E-state index contributed by atoms with van der Waals surface area (Å²) in [6.45, 7) is 4.50. The van der Waals surface area contributed by atoms with Gasteiger partial charge in [-0.3, -0.25) is 5.32 Å². The first kappa shape index (κ1) is 16.8. The van der Waals surface area contributed by atoms with Crippen LogP contribution in [0.15, 0.2) is 29.2 Å². The average Bonchev–Trinajstić information content (AvgIpc) is 2.48. The third kappa shape index (κ3) is 3.78. The molecule has 2 rings (SSSR count). The summed E-state index contributed by atoms with van der Waals surface area (Å²) in [5, 5.41) is 2.54. The van der Waals surface area contributed by atoms with Gasteiger partial charge in [0.2, 0.25) is 10.0 Å². The first-order valence-corrected chi connectivity index (χ1v) is 8.95. The van der Waals surface area contributed by atoms with Crippen molar-refractivity contribution in [1.82, 2.24) is 4.31 Å². The maximum Gasteiger partial charge on any atom is 0.411 e. The Labute approximate surface area is 131 Å². The van der Waals surface area contributed by atoms with Crippen LogP contribution in [-0.4, -0.2) is 38.0 Å². The lowest BCUT2D eigenvalue weighted by molar-refractivity contribution is 0.168. The van der Waals surface area contributed by atoms with E-state index in [9.17, 15) is 13.2 Å². The van der Waals surface area contributed by atoms with Crippen molar-refractivity contribution < 1.29 is 17.9 Å². The summed E-state index contributed by atoms with van der Waals surface area (Å²) < 4.78 is 31.6. The van der Waals surface area contributed by atoms with Gasteiger partial charge in [-0.15, -0.1) is 0 Å². The zero-order valence-corrected chi connectivity index (χ0v) is 13.7. The highest BCUT2D eigenvalue weighted by Crippen LogP contribution is 2.25. The predicted molar refractivity (Wildman–Crippen MR) is 84.3 cm³/mol. The Morgan fingerprint density at radius 2 is 2.00 bits per heavy atom. The number of benzene rings is 1. The van der Waals surface area contributed by atoms with Gasteiger partial charge < -0.3 is 4.74 Å². The second kappa shape index (κ2) is 7.11. The highest BCUT2D eigenvalue weighted by atomic mass is 32.2. The minimum atomic E-state index is -3.48. The van der Waals surface area contributed by atoms with E-state index in [1.807, 2.05) is 6.92 Å². The monoisotopic (exact) mass is 326 g/mol. The molecule has 7 heteroatoms. The fraction of sp³-hybridized carbons (Fsp3) is 0.533. The molecular weight excluding hydrogens is 304 g/mol. The van der Waals surface area contributed by atoms with E-state index in [4.69, 9.17) is 4.74 Å². The molecule has 0 radical (unpaired) electrons. The highest BCUT2D eigenvalue weighted by molar-refractivity contribution is 7.89. The molecule has 22 heavy (non-hydrogen) atoms. The molecule has 1 saturated heterocycles. The molecule has 0 bridgehead atoms. The van der Waals surface area contributed by atoms with E-state index in [-0.39, 0.29) is 17.5 Å². The van der Waals surface area contributed by atoms with Crippen LogP contribution in [0.1, 0.15) is 33.1 Å². The minimum absolute atomic E-state index is 0.0242. The van der Waals surface area contributed by atoms with Gasteiger partial charge in [0.1, 0.15) is 0 Å². The fourth-order valence-electron chi connectivity index (χ4n) is 2.56. The lowest BCUT2D eigenvalue weighted by atomic mass is 10.1. The number of piperidine rings is 1. The maximum atomic E-state index is 12.6. The Bertz CT molecular complexity index is 613. The van der Waals surface area contributed by atoms with Crippen LogP contribution in [-0.2, 0) is 14.8 Å². The van der Waals surface area contributed by atoms with E-state index in [2.05, 4.69) is 5.32 Å². The smallest absolute Gasteiger partial charge is 0.411 e. The summed E-state index contributed by atoms with van der Waals surface area (Å²) in [5.41, 5.74) is 0.504. The molecule has 1 aromatic rings. The SMILES string of the molecule is CCOC(=O)Nc1ccc(S(=O)(=O)N2CCCC[C@@H]2C)cc1. The Kier molecular flexibility index (Phi) is 5.42. The summed E-state index contributed by atoms with van der Waals surface area (Å²) in [5.74, 6) is 0. The zero-order chi connectivity index (χ0) is 16.2. The van der Waals surface area contributed by atoms with E-state index in [1.54, 1.807) is 23.4 Å². The number of ether oxygens (including phenoxy) is 1. The molecule has 1 fully saturated rings. The quantitative estimate of drug-likeness (QED) is 0.923. The van der Waals surface area contributed by atoms with Gasteiger partial charge in [-0.25, -0.2) is 13.2 Å². The Morgan fingerprint density at radius 3 is 2.59 bits per heavy atom. The first-order valence-electron chi connectivity index (χ1n) is 7.51. The molecule has 1 aliphatic heterocycles. The molecule has 1 aromatic carbocycles. The molecule has 6 nitrogen and oxygen atoms in total. The molecule has 122 valence electrons. The van der Waals surface area contributed by atoms with E-state index < -0.39 is 16.1 Å². The van der Waals surface area contributed by atoms with Crippen LogP contribution >= 0.6 is 0 Å². The summed E-state index contributed by atoms with van der Waals surface area (Å²) in [4.78, 5) is 11.6. The normalized spacial score (nSPS) is 19.6. The number of rotatable bonds is 4. The van der Waals surface area contributed by atoms with Crippen LogP contribution in [0.5, 0.6) is 0 Å². The van der Waals surface area contributed by atoms with E-state index in [0.29, 0.717) is 12.2 Å². The van der Waals surface area contributed by atoms with Crippen LogP contribution in [0.2, 0.25) is 0 Å². The number of carbonyl (C=O) groups excluding carboxylic acids is 1. The summed E-state index contributed by atoms with van der Waals surface area (Å²) in [6.07, 6.45) is 2.30. The molecule has 1 aliphatic rings. The average molecular weight is 326 g/mol. The number of amides is 1. The number of anilines is 1. The van der Waals surface area contributed by atoms with Crippen LogP contribution in [0.4, 0.5) is 10.5 Å². The van der Waals surface area contributed by atoms with Crippen LogP contribution in [0.25, 0.3) is 0 Å². The number of carbonyl (C=O) groups is 1. The molecule has 1 N–H and O–H groups in total. The second-order valence-corrected chi connectivity index (χ2v) is 7.22. The second-order valence-electron chi connectivity index (χ2n) is 5.33. The highest BCUT2D eigenvalue weighted by Gasteiger charge is 2.30. The van der Waals surface area contributed by atoms with E-state index in [0.717, 1.165) is 19.3 Å². The van der Waals surface area contributed by atoms with Crippen LogP contribution in [0, 0.1) is 0 Å². The molecule has 0 unspecified atom stereocenters. The van der Waals surface area contributed by atoms with Gasteiger partial charge in [-0.05, 0) is 51.0 Å². The summed E-state index contributed by atoms with van der Waals surface area (Å²) in [7, 11) is -3.48. The molecule has 0 saturated carbocycles. The van der Waals surface area contributed by atoms with Gasteiger partial charge in [0.15, 0.2) is 0 Å². The number of hydrogen-bond acceptors (Lipinski definition) is 4. The van der Waals surface area contributed by atoms with Crippen LogP contribution < -0.4 is 5.32 Å². The van der Waals surface area contributed by atoms with Gasteiger partial charge >= 0.3 is 6.09 Å². The third-order valence-corrected chi connectivity index (χ3v) is 5.75. The van der Waals surface area contributed by atoms with Crippen molar-refractivity contribution in [2.45, 2.75) is 44.0 Å². The largest absolute Gasteiger partial charge is 0.450 e. The zero-order valence-electron chi connectivity index (χ0n) is 12.9. The van der Waals surface area contributed by atoms with E-state index >= 15 is 0 Å². The maximum absolute atomic E-state index is 12.6. The van der Waals surface area contributed by atoms with Crippen molar-refractivity contribution >= 4 is 21.8 Å². The number of sulfonamides is 1. The first-order chi connectivity index (χ1) is 10.4. The topological polar surface area (TPSA) is 75.7 Å². The van der Waals surface area contributed by atoms with Crippen molar-refractivity contribution in [3.8, 4) is 0 Å². The standard InChI is InChI=1S/C15H22N2O4S/c1-3-21-15(18)16-13-7-9-14(10-8-13)22(19,20)17-11-5-4-6-12(17)2/h7-10,12H,3-6,11H2,1-2H3,(H,16,18)/t12-/m0/s1. The van der Waals surface area contributed by atoms with Crippen molar-refractivity contribution in [2.24, 2.45) is 0 Å². The third-order valence-electron chi connectivity index (χ3n) is 3.72. The molecule has 1 heterocycles. The molecule has 1 amide bonds. The Morgan fingerprint density at radius 1 is 1.32 bits per heavy atom. The molecule has 1 atom stereocenters. The van der Waals surface area contributed by atoms with Crippen molar-refractivity contribution in [2.75, 3.05) is 18.5 Å². The minimum Gasteiger partial charge on any atom is -0.450 e. The van der Waals surface area contributed by atoms with Gasteiger partial charge in [0, 0.05) is 18.3 Å². The van der Waals surface area contributed by atoms with Gasteiger partial charge in [-0.1, -0.05) is 6.42 Å². The predicted octanol–water partition coefficient (Wildman–Crippen LogP) is 2.82. The molecular formula is C15H22N2O4S. The fourth-order valence-corrected chi connectivity index (χ4v) is 4.26. The lowest BCUT2D eigenvalue weighted by Gasteiger charge is -2.32. The number of nitrogens with zero attached hydrogens (tertiary/aromatic N) is 1. The molecule has 0 aromatic heterocycles. The lowest BCUT2D eigenvalue weighted by Crippen LogP contribution is -2.41. The van der Waals surface area contributed by atoms with Gasteiger partial charge in [0.05, 0.1) is 11.5 Å². The molecule has 0 aliphatic carbocycles. The van der Waals surface area contributed by atoms with Crippen molar-refractivity contribution in [3.05, 3.63) is 24.3 Å². The Hall–Kier alpha value is -1.60. The van der Waals surface area contributed by atoms with E-state index in [1.165, 1.54) is 12.1 Å². The van der Waals surface area contributed by atoms with Gasteiger partial charge in [-0.2, -0.15) is 4.31 Å². The van der Waals surface area contributed by atoms with Crippen LogP contribution in [0.3, 0.4) is 0 Å². The summed E-state index contributed by atoms with van der Waals surface area (Å²) in [6, 6.07) is 6.18.